The van der Waals surface area contributed by atoms with Crippen LogP contribution in [0.1, 0.15) is 65.2 Å². The van der Waals surface area contributed by atoms with Crippen LogP contribution in [0.4, 0.5) is 0 Å². The summed E-state index contributed by atoms with van der Waals surface area (Å²) in [5, 5.41) is 10.6. The molecule has 3 nitrogen and oxygen atoms in total. The average molecular weight is 312 g/mol. The Labute approximate surface area is 128 Å². The van der Waals surface area contributed by atoms with E-state index in [-0.39, 0.29) is 23.2 Å². The molecule has 0 aliphatic heterocycles. The molecule has 1 aromatic carbocycles. The highest BCUT2D eigenvalue weighted by Crippen LogP contribution is 2.46. The van der Waals surface area contributed by atoms with Gasteiger partial charge in [0, 0.05) is 12.3 Å². The standard InChI is InChI=1S/C17H29O3P/c1-8-21(19,20)11-12-9-13(16(2,3)4)15(18)14(10-12)17(5,6)7/h9-10,18H,8,11H2,1-7H3,(H,19,20). The molecule has 4 heteroatoms. The fourth-order valence-corrected chi connectivity index (χ4v) is 3.30. The summed E-state index contributed by atoms with van der Waals surface area (Å²) in [5.74, 6) is 0.308. The van der Waals surface area contributed by atoms with Crippen molar-refractivity contribution in [3.63, 3.8) is 0 Å². The van der Waals surface area contributed by atoms with Crippen molar-refractivity contribution >= 4 is 7.37 Å². The Hall–Kier alpha value is -0.790. The van der Waals surface area contributed by atoms with Gasteiger partial charge < -0.3 is 10.00 Å². The van der Waals surface area contributed by atoms with E-state index in [1.165, 1.54) is 0 Å². The van der Waals surface area contributed by atoms with E-state index in [0.29, 0.717) is 5.75 Å². The van der Waals surface area contributed by atoms with E-state index < -0.39 is 7.37 Å². The Bertz CT molecular complexity index is 527. The maximum Gasteiger partial charge on any atom is 0.204 e. The van der Waals surface area contributed by atoms with E-state index in [1.807, 2.05) is 53.7 Å². The molecule has 2 N–H and O–H groups in total. The zero-order valence-corrected chi connectivity index (χ0v) is 15.2. The summed E-state index contributed by atoms with van der Waals surface area (Å²) < 4.78 is 12.1. The van der Waals surface area contributed by atoms with Gasteiger partial charge in [-0.2, -0.15) is 0 Å². The molecule has 0 saturated heterocycles. The molecule has 1 aromatic rings. The molecular weight excluding hydrogens is 283 g/mol. The average Bonchev–Trinajstić information content (AvgIpc) is 2.28. The Morgan fingerprint density at radius 1 is 1.00 bits per heavy atom. The van der Waals surface area contributed by atoms with E-state index in [9.17, 15) is 14.6 Å². The quantitative estimate of drug-likeness (QED) is 0.790. The highest BCUT2D eigenvalue weighted by atomic mass is 31.2. The van der Waals surface area contributed by atoms with Crippen LogP contribution in [0.3, 0.4) is 0 Å². The van der Waals surface area contributed by atoms with Crippen molar-refractivity contribution in [1.82, 2.24) is 0 Å². The van der Waals surface area contributed by atoms with Gasteiger partial charge in [-0.05, 0) is 27.5 Å². The van der Waals surface area contributed by atoms with Crippen LogP contribution in [-0.2, 0) is 21.6 Å². The Kier molecular flexibility index (Phi) is 5.02. The number of hydrogen-bond donors (Lipinski definition) is 2. The van der Waals surface area contributed by atoms with Gasteiger partial charge in [0.05, 0.1) is 0 Å². The summed E-state index contributed by atoms with van der Waals surface area (Å²) in [6, 6.07) is 3.76. The summed E-state index contributed by atoms with van der Waals surface area (Å²) >= 11 is 0. The number of phenols is 1. The lowest BCUT2D eigenvalue weighted by atomic mass is 9.78. The van der Waals surface area contributed by atoms with Crippen LogP contribution < -0.4 is 0 Å². The van der Waals surface area contributed by atoms with Gasteiger partial charge in [-0.1, -0.05) is 60.6 Å². The van der Waals surface area contributed by atoms with Gasteiger partial charge in [0.1, 0.15) is 5.75 Å². The maximum absolute atomic E-state index is 12.1. The molecule has 1 rings (SSSR count). The third-order valence-electron chi connectivity index (χ3n) is 3.71. The monoisotopic (exact) mass is 312 g/mol. The predicted molar refractivity (Wildman–Crippen MR) is 89.6 cm³/mol. The zero-order valence-electron chi connectivity index (χ0n) is 14.3. The minimum Gasteiger partial charge on any atom is -0.507 e. The first-order valence-corrected chi connectivity index (χ1v) is 9.48. The minimum absolute atomic E-state index is 0.163. The van der Waals surface area contributed by atoms with Gasteiger partial charge >= 0.3 is 0 Å². The first-order valence-electron chi connectivity index (χ1n) is 7.45. The zero-order chi connectivity index (χ0) is 16.6. The van der Waals surface area contributed by atoms with Gasteiger partial charge in [0.2, 0.25) is 7.37 Å². The summed E-state index contributed by atoms with van der Waals surface area (Å²) in [5.41, 5.74) is 2.06. The van der Waals surface area contributed by atoms with E-state index in [2.05, 4.69) is 0 Å². The SMILES string of the molecule is CCP(=O)(O)Cc1cc(C(C)(C)C)c(O)c(C(C)(C)C)c1. The number of rotatable bonds is 3. The smallest absolute Gasteiger partial charge is 0.204 e. The molecule has 1 unspecified atom stereocenters. The normalized spacial score (nSPS) is 15.8. The maximum atomic E-state index is 12.1. The topological polar surface area (TPSA) is 57.5 Å². The van der Waals surface area contributed by atoms with Crippen molar-refractivity contribution in [3.05, 3.63) is 28.8 Å². The van der Waals surface area contributed by atoms with E-state index in [1.54, 1.807) is 6.92 Å². The lowest BCUT2D eigenvalue weighted by molar-refractivity contribution is 0.422. The van der Waals surface area contributed by atoms with E-state index in [4.69, 9.17) is 0 Å². The number of hydrogen-bond acceptors (Lipinski definition) is 2. The molecule has 0 fully saturated rings. The third kappa shape index (κ3) is 4.59. The molecule has 120 valence electrons. The third-order valence-corrected chi connectivity index (χ3v) is 5.56. The Morgan fingerprint density at radius 2 is 1.38 bits per heavy atom. The molecule has 0 aliphatic carbocycles. The minimum atomic E-state index is -3.14. The van der Waals surface area contributed by atoms with Crippen molar-refractivity contribution < 1.29 is 14.6 Å². The lowest BCUT2D eigenvalue weighted by Crippen LogP contribution is -2.18. The summed E-state index contributed by atoms with van der Waals surface area (Å²) in [6.45, 7) is 14.0. The van der Waals surface area contributed by atoms with Crippen LogP contribution in [0.25, 0.3) is 0 Å². The van der Waals surface area contributed by atoms with Crippen LogP contribution >= 0.6 is 7.37 Å². The van der Waals surface area contributed by atoms with Crippen LogP contribution in [-0.4, -0.2) is 16.2 Å². The molecule has 0 radical (unpaired) electrons. The molecular formula is C17H29O3P. The Balaban J connectivity index is 3.52. The molecule has 21 heavy (non-hydrogen) atoms. The van der Waals surface area contributed by atoms with Gasteiger partial charge in [-0.3, -0.25) is 4.57 Å². The Morgan fingerprint density at radius 3 is 1.67 bits per heavy atom. The summed E-state index contributed by atoms with van der Waals surface area (Å²) in [4.78, 5) is 9.93. The summed E-state index contributed by atoms with van der Waals surface area (Å²) in [6.07, 6.45) is 0.430. The van der Waals surface area contributed by atoms with Crippen molar-refractivity contribution in [2.24, 2.45) is 0 Å². The van der Waals surface area contributed by atoms with Crippen molar-refractivity contribution in [3.8, 4) is 5.75 Å². The number of aromatic hydroxyl groups is 1. The van der Waals surface area contributed by atoms with Crippen molar-refractivity contribution in [2.75, 3.05) is 6.16 Å². The van der Waals surface area contributed by atoms with Gasteiger partial charge in [-0.15, -0.1) is 0 Å². The first kappa shape index (κ1) is 18.3. The highest BCUT2D eigenvalue weighted by Gasteiger charge is 2.28. The van der Waals surface area contributed by atoms with Crippen LogP contribution in [0.5, 0.6) is 5.75 Å². The van der Waals surface area contributed by atoms with Gasteiger partial charge in [0.25, 0.3) is 0 Å². The largest absolute Gasteiger partial charge is 0.507 e. The second-order valence-corrected chi connectivity index (χ2v) is 10.5. The van der Waals surface area contributed by atoms with Crippen LogP contribution in [0.2, 0.25) is 0 Å². The van der Waals surface area contributed by atoms with Gasteiger partial charge in [-0.25, -0.2) is 0 Å². The second kappa shape index (κ2) is 5.78. The molecule has 0 spiro atoms. The molecule has 0 aliphatic rings. The van der Waals surface area contributed by atoms with Crippen LogP contribution in [0.15, 0.2) is 12.1 Å². The molecule has 0 amide bonds. The number of benzene rings is 1. The fraction of sp³-hybridized carbons (Fsp3) is 0.647. The molecule has 0 bridgehead atoms. The number of phenolic OH excluding ortho intramolecular Hbond substituents is 1. The van der Waals surface area contributed by atoms with E-state index in [0.717, 1.165) is 16.7 Å². The molecule has 0 aromatic heterocycles. The van der Waals surface area contributed by atoms with Crippen molar-refractivity contribution in [1.29, 1.82) is 0 Å². The highest BCUT2D eigenvalue weighted by molar-refractivity contribution is 7.57. The van der Waals surface area contributed by atoms with Crippen LogP contribution in [0, 0.1) is 0 Å². The molecule has 0 heterocycles. The second-order valence-electron chi connectivity index (χ2n) is 7.86. The van der Waals surface area contributed by atoms with Crippen molar-refractivity contribution in [2.45, 2.75) is 65.5 Å². The van der Waals surface area contributed by atoms with E-state index >= 15 is 0 Å². The first-order chi connectivity index (χ1) is 9.28. The fourth-order valence-electron chi connectivity index (χ4n) is 2.33. The predicted octanol–water partition coefficient (Wildman–Crippen LogP) is 4.78. The lowest BCUT2D eigenvalue weighted by Gasteiger charge is -2.28. The summed E-state index contributed by atoms with van der Waals surface area (Å²) in [7, 11) is -3.14. The van der Waals surface area contributed by atoms with Gasteiger partial charge in [0.15, 0.2) is 0 Å². The molecule has 1 atom stereocenters. The molecule has 0 saturated carbocycles.